The van der Waals surface area contributed by atoms with Crippen molar-refractivity contribution in [1.82, 2.24) is 0 Å². The molecule has 0 aliphatic rings. The van der Waals surface area contributed by atoms with Gasteiger partial charge >= 0.3 is 6.18 Å². The third-order valence-corrected chi connectivity index (χ3v) is 2.06. The summed E-state index contributed by atoms with van der Waals surface area (Å²) in [6.45, 7) is 0. The summed E-state index contributed by atoms with van der Waals surface area (Å²) >= 11 is 0. The SMILES string of the molecule is Fc1cccc(CCCCC(F)(F)F)c1. The van der Waals surface area contributed by atoms with Crippen molar-refractivity contribution in [3.63, 3.8) is 0 Å². The van der Waals surface area contributed by atoms with Gasteiger partial charge in [0.05, 0.1) is 0 Å². The number of unbranched alkanes of at least 4 members (excludes halogenated alkanes) is 1. The van der Waals surface area contributed by atoms with Crippen molar-refractivity contribution < 1.29 is 17.6 Å². The van der Waals surface area contributed by atoms with Gasteiger partial charge in [-0.25, -0.2) is 4.39 Å². The van der Waals surface area contributed by atoms with Crippen LogP contribution in [0.5, 0.6) is 0 Å². The molecule has 1 aromatic rings. The highest BCUT2D eigenvalue weighted by Gasteiger charge is 2.25. The molecular weight excluding hydrogens is 208 g/mol. The Labute approximate surface area is 85.9 Å². The molecule has 0 aromatic heterocycles. The first-order valence-electron chi connectivity index (χ1n) is 4.78. The summed E-state index contributed by atoms with van der Waals surface area (Å²) in [4.78, 5) is 0. The van der Waals surface area contributed by atoms with E-state index in [0.29, 0.717) is 12.8 Å². The summed E-state index contributed by atoms with van der Waals surface area (Å²) in [5.41, 5.74) is 0.747. The van der Waals surface area contributed by atoms with Crippen LogP contribution in [0.2, 0.25) is 0 Å². The van der Waals surface area contributed by atoms with Gasteiger partial charge in [0.25, 0.3) is 0 Å². The molecule has 1 aromatic carbocycles. The third-order valence-electron chi connectivity index (χ3n) is 2.06. The standard InChI is InChI=1S/C11H12F4/c12-10-6-3-5-9(8-10)4-1-2-7-11(13,14)15/h3,5-6,8H,1-2,4,7H2. The van der Waals surface area contributed by atoms with Crippen molar-refractivity contribution in [2.45, 2.75) is 31.9 Å². The van der Waals surface area contributed by atoms with Gasteiger partial charge in [-0.2, -0.15) is 13.2 Å². The predicted molar refractivity (Wildman–Crippen MR) is 50.0 cm³/mol. The predicted octanol–water partition coefficient (Wildman–Crippen LogP) is 4.10. The minimum atomic E-state index is -4.08. The molecule has 0 bridgehead atoms. The van der Waals surface area contributed by atoms with Crippen LogP contribution in [0, 0.1) is 5.82 Å². The Bertz CT molecular complexity index is 304. The van der Waals surface area contributed by atoms with Gasteiger partial charge in [0, 0.05) is 6.42 Å². The summed E-state index contributed by atoms with van der Waals surface area (Å²) in [5.74, 6) is -0.344. The van der Waals surface area contributed by atoms with Crippen molar-refractivity contribution in [2.24, 2.45) is 0 Å². The second-order valence-electron chi connectivity index (χ2n) is 3.45. The van der Waals surface area contributed by atoms with E-state index in [1.165, 1.54) is 12.1 Å². The van der Waals surface area contributed by atoms with Crippen LogP contribution in [-0.2, 0) is 6.42 Å². The van der Waals surface area contributed by atoms with Gasteiger partial charge in [0.15, 0.2) is 0 Å². The fourth-order valence-electron chi connectivity index (χ4n) is 1.35. The molecule has 0 N–H and O–H groups in total. The lowest BCUT2D eigenvalue weighted by molar-refractivity contribution is -0.135. The van der Waals surface area contributed by atoms with E-state index in [-0.39, 0.29) is 12.2 Å². The number of rotatable bonds is 4. The van der Waals surface area contributed by atoms with Crippen LogP contribution in [0.3, 0.4) is 0 Å². The molecule has 0 saturated heterocycles. The minimum absolute atomic E-state index is 0.0972. The van der Waals surface area contributed by atoms with E-state index in [2.05, 4.69) is 0 Å². The topological polar surface area (TPSA) is 0 Å². The number of aryl methyl sites for hydroxylation is 1. The maximum absolute atomic E-state index is 12.7. The highest BCUT2D eigenvalue weighted by molar-refractivity contribution is 5.16. The van der Waals surface area contributed by atoms with E-state index >= 15 is 0 Å². The average molecular weight is 220 g/mol. The fraction of sp³-hybridized carbons (Fsp3) is 0.455. The average Bonchev–Trinajstić information content (AvgIpc) is 2.11. The highest BCUT2D eigenvalue weighted by atomic mass is 19.4. The summed E-state index contributed by atoms with van der Waals surface area (Å²) in [7, 11) is 0. The molecule has 0 fully saturated rings. The first-order valence-corrected chi connectivity index (χ1v) is 4.78. The quantitative estimate of drug-likeness (QED) is 0.529. The van der Waals surface area contributed by atoms with Gasteiger partial charge in [-0.05, 0) is 37.0 Å². The summed E-state index contributed by atoms with van der Waals surface area (Å²) in [6.07, 6.45) is -3.82. The molecule has 0 nitrogen and oxygen atoms in total. The van der Waals surface area contributed by atoms with Crippen molar-refractivity contribution in [3.8, 4) is 0 Å². The monoisotopic (exact) mass is 220 g/mol. The molecule has 15 heavy (non-hydrogen) atoms. The van der Waals surface area contributed by atoms with Gasteiger partial charge < -0.3 is 0 Å². The molecule has 0 aliphatic carbocycles. The van der Waals surface area contributed by atoms with E-state index in [9.17, 15) is 17.6 Å². The lowest BCUT2D eigenvalue weighted by atomic mass is 10.1. The number of alkyl halides is 3. The zero-order chi connectivity index (χ0) is 11.3. The van der Waals surface area contributed by atoms with Crippen molar-refractivity contribution in [2.75, 3.05) is 0 Å². The van der Waals surface area contributed by atoms with E-state index < -0.39 is 12.6 Å². The maximum Gasteiger partial charge on any atom is 0.389 e. The van der Waals surface area contributed by atoms with Gasteiger partial charge in [-0.15, -0.1) is 0 Å². The van der Waals surface area contributed by atoms with Crippen LogP contribution in [0.25, 0.3) is 0 Å². The smallest absolute Gasteiger partial charge is 0.207 e. The molecule has 1 rings (SSSR count). The largest absolute Gasteiger partial charge is 0.389 e. The lowest BCUT2D eigenvalue weighted by Crippen LogP contribution is -2.06. The van der Waals surface area contributed by atoms with Crippen LogP contribution in [0.15, 0.2) is 24.3 Å². The van der Waals surface area contributed by atoms with Crippen molar-refractivity contribution in [3.05, 3.63) is 35.6 Å². The molecule has 4 heteroatoms. The van der Waals surface area contributed by atoms with Crippen LogP contribution in [0.1, 0.15) is 24.8 Å². The normalized spacial score (nSPS) is 11.7. The van der Waals surface area contributed by atoms with Crippen molar-refractivity contribution in [1.29, 1.82) is 0 Å². The zero-order valence-corrected chi connectivity index (χ0v) is 8.15. The Morgan fingerprint density at radius 1 is 1.07 bits per heavy atom. The molecule has 0 aliphatic heterocycles. The molecular formula is C11H12F4. The van der Waals surface area contributed by atoms with E-state index in [4.69, 9.17) is 0 Å². The molecule has 0 saturated carbocycles. The number of hydrogen-bond donors (Lipinski definition) is 0. The first-order chi connectivity index (χ1) is 6.97. The van der Waals surface area contributed by atoms with Gasteiger partial charge in [0.2, 0.25) is 0 Å². The Morgan fingerprint density at radius 2 is 1.80 bits per heavy atom. The number of benzene rings is 1. The molecule has 84 valence electrons. The first kappa shape index (κ1) is 12.0. The summed E-state index contributed by atoms with van der Waals surface area (Å²) in [5, 5.41) is 0. The number of hydrogen-bond acceptors (Lipinski definition) is 0. The molecule has 0 radical (unpaired) electrons. The molecule has 0 amide bonds. The molecule has 0 spiro atoms. The highest BCUT2D eigenvalue weighted by Crippen LogP contribution is 2.22. The van der Waals surface area contributed by atoms with Gasteiger partial charge in [0.1, 0.15) is 5.82 Å². The summed E-state index contributed by atoms with van der Waals surface area (Å²) in [6, 6.07) is 5.96. The second kappa shape index (κ2) is 5.14. The van der Waals surface area contributed by atoms with Crippen LogP contribution < -0.4 is 0 Å². The Hall–Kier alpha value is -1.06. The van der Waals surface area contributed by atoms with E-state index in [1.807, 2.05) is 0 Å². The van der Waals surface area contributed by atoms with Gasteiger partial charge in [-0.3, -0.25) is 0 Å². The van der Waals surface area contributed by atoms with E-state index in [1.54, 1.807) is 12.1 Å². The van der Waals surface area contributed by atoms with Gasteiger partial charge in [-0.1, -0.05) is 12.1 Å². The summed E-state index contributed by atoms with van der Waals surface area (Å²) < 4.78 is 48.0. The number of halogens is 4. The second-order valence-corrected chi connectivity index (χ2v) is 3.45. The Kier molecular flexibility index (Phi) is 4.12. The molecule has 0 unspecified atom stereocenters. The van der Waals surface area contributed by atoms with Crippen molar-refractivity contribution >= 4 is 0 Å². The van der Waals surface area contributed by atoms with Crippen LogP contribution >= 0.6 is 0 Å². The maximum atomic E-state index is 12.7. The Balaban J connectivity index is 2.26. The molecule has 0 atom stereocenters. The van der Waals surface area contributed by atoms with Crippen LogP contribution in [-0.4, -0.2) is 6.18 Å². The van der Waals surface area contributed by atoms with E-state index in [0.717, 1.165) is 5.56 Å². The fourth-order valence-corrected chi connectivity index (χ4v) is 1.35. The third kappa shape index (κ3) is 5.40. The minimum Gasteiger partial charge on any atom is -0.207 e. The zero-order valence-electron chi connectivity index (χ0n) is 8.15. The molecule has 0 heterocycles. The van der Waals surface area contributed by atoms with Crippen LogP contribution in [0.4, 0.5) is 17.6 Å². The lowest BCUT2D eigenvalue weighted by Gasteiger charge is -2.05. The Morgan fingerprint density at radius 3 is 2.40 bits per heavy atom.